The summed E-state index contributed by atoms with van der Waals surface area (Å²) in [5.41, 5.74) is 1.17. The molecule has 0 atom stereocenters. The van der Waals surface area contributed by atoms with E-state index < -0.39 is 5.97 Å². The van der Waals surface area contributed by atoms with Crippen LogP contribution in [0.2, 0.25) is 0 Å². The van der Waals surface area contributed by atoms with Crippen LogP contribution in [0.15, 0.2) is 36.4 Å². The van der Waals surface area contributed by atoms with Crippen molar-refractivity contribution in [2.24, 2.45) is 0 Å². The Hall–Kier alpha value is -1.68. The van der Waals surface area contributed by atoms with Crippen LogP contribution in [0, 0.1) is 5.82 Å². The van der Waals surface area contributed by atoms with Crippen LogP contribution in [0.1, 0.15) is 41.0 Å². The van der Waals surface area contributed by atoms with Gasteiger partial charge in [-0.2, -0.15) is 0 Å². The molecule has 2 nitrogen and oxygen atoms in total. The third-order valence-electron chi connectivity index (χ3n) is 3.58. The van der Waals surface area contributed by atoms with Crippen LogP contribution in [-0.4, -0.2) is 11.1 Å². The lowest BCUT2D eigenvalue weighted by molar-refractivity contribution is -0.137. The van der Waals surface area contributed by atoms with Crippen molar-refractivity contribution in [3.63, 3.8) is 0 Å². The summed E-state index contributed by atoms with van der Waals surface area (Å²) in [7, 11) is 0. The molecular weight excluding hydrogens is 299 g/mol. The Bertz CT molecular complexity index is 589. The zero-order chi connectivity index (χ0) is 15.8. The van der Waals surface area contributed by atoms with Crippen molar-refractivity contribution in [2.45, 2.75) is 44.9 Å². The number of carbonyl (C=O) groups is 1. The van der Waals surface area contributed by atoms with Gasteiger partial charge >= 0.3 is 5.97 Å². The number of carboxylic acids is 1. The molecule has 1 aromatic heterocycles. The highest BCUT2D eigenvalue weighted by Gasteiger charge is 2.03. The van der Waals surface area contributed by atoms with Crippen molar-refractivity contribution in [2.75, 3.05) is 0 Å². The van der Waals surface area contributed by atoms with E-state index in [1.807, 2.05) is 23.5 Å². The summed E-state index contributed by atoms with van der Waals surface area (Å²) in [6.45, 7) is 0. The van der Waals surface area contributed by atoms with Crippen molar-refractivity contribution in [1.82, 2.24) is 0 Å². The van der Waals surface area contributed by atoms with E-state index in [0.717, 1.165) is 38.5 Å². The third-order valence-corrected chi connectivity index (χ3v) is 4.79. The number of aryl methyl sites for hydroxylation is 3. The fourth-order valence-electron chi connectivity index (χ4n) is 2.38. The van der Waals surface area contributed by atoms with Gasteiger partial charge < -0.3 is 5.11 Å². The summed E-state index contributed by atoms with van der Waals surface area (Å²) < 4.78 is 12.8. The molecular formula is C18H21FO2S. The van der Waals surface area contributed by atoms with Crippen LogP contribution in [0.4, 0.5) is 4.39 Å². The zero-order valence-corrected chi connectivity index (χ0v) is 13.4. The fourth-order valence-corrected chi connectivity index (χ4v) is 3.49. The van der Waals surface area contributed by atoms with Crippen LogP contribution in [0.3, 0.4) is 0 Å². The Kier molecular flexibility index (Phi) is 6.59. The number of rotatable bonds is 9. The third kappa shape index (κ3) is 5.98. The van der Waals surface area contributed by atoms with Gasteiger partial charge in [-0.25, -0.2) is 4.39 Å². The molecule has 0 radical (unpaired) electrons. The molecule has 0 saturated heterocycles. The number of carboxylic acid groups (broad SMARTS) is 1. The van der Waals surface area contributed by atoms with Gasteiger partial charge in [-0.15, -0.1) is 11.3 Å². The van der Waals surface area contributed by atoms with E-state index in [2.05, 4.69) is 12.1 Å². The molecule has 0 unspecified atom stereocenters. The van der Waals surface area contributed by atoms with Gasteiger partial charge in [0.2, 0.25) is 0 Å². The van der Waals surface area contributed by atoms with Gasteiger partial charge in [0.1, 0.15) is 5.82 Å². The van der Waals surface area contributed by atoms with Crippen molar-refractivity contribution >= 4 is 17.3 Å². The summed E-state index contributed by atoms with van der Waals surface area (Å²) in [4.78, 5) is 13.2. The van der Waals surface area contributed by atoms with Crippen LogP contribution < -0.4 is 0 Å². The normalized spacial score (nSPS) is 10.8. The molecule has 1 N–H and O–H groups in total. The molecule has 1 aromatic carbocycles. The van der Waals surface area contributed by atoms with Crippen molar-refractivity contribution in [3.05, 3.63) is 57.5 Å². The second-order valence-corrected chi connectivity index (χ2v) is 6.70. The Balaban J connectivity index is 1.68. The molecule has 2 rings (SSSR count). The maximum absolute atomic E-state index is 12.8. The second kappa shape index (κ2) is 8.69. The minimum atomic E-state index is -0.715. The Morgan fingerprint density at radius 1 is 0.909 bits per heavy atom. The SMILES string of the molecule is O=C(O)CCCCc1ccc(CCCc2ccc(F)cc2)s1. The lowest BCUT2D eigenvalue weighted by Crippen LogP contribution is -1.94. The van der Waals surface area contributed by atoms with E-state index in [4.69, 9.17) is 5.11 Å². The molecule has 1 heterocycles. The number of hydrogen-bond donors (Lipinski definition) is 1. The van der Waals surface area contributed by atoms with Crippen LogP contribution in [0.5, 0.6) is 0 Å². The molecule has 4 heteroatoms. The molecule has 118 valence electrons. The molecule has 2 aromatic rings. The van der Waals surface area contributed by atoms with Gasteiger partial charge in [-0.1, -0.05) is 12.1 Å². The minimum absolute atomic E-state index is 0.186. The van der Waals surface area contributed by atoms with E-state index in [9.17, 15) is 9.18 Å². The first kappa shape index (κ1) is 16.7. The van der Waals surface area contributed by atoms with Gasteiger partial charge in [0, 0.05) is 16.2 Å². The fraction of sp³-hybridized carbons (Fsp3) is 0.389. The first-order chi connectivity index (χ1) is 10.6. The summed E-state index contributed by atoms with van der Waals surface area (Å²) in [6, 6.07) is 11.0. The van der Waals surface area contributed by atoms with Crippen molar-refractivity contribution < 1.29 is 14.3 Å². The molecule has 0 aliphatic carbocycles. The van der Waals surface area contributed by atoms with Gasteiger partial charge in [0.25, 0.3) is 0 Å². The zero-order valence-electron chi connectivity index (χ0n) is 12.6. The highest BCUT2D eigenvalue weighted by Crippen LogP contribution is 2.21. The Labute approximate surface area is 134 Å². The highest BCUT2D eigenvalue weighted by molar-refractivity contribution is 7.11. The van der Waals surface area contributed by atoms with Crippen LogP contribution in [-0.2, 0) is 24.1 Å². The lowest BCUT2D eigenvalue weighted by Gasteiger charge is -2.00. The van der Waals surface area contributed by atoms with E-state index in [0.29, 0.717) is 0 Å². The summed E-state index contributed by atoms with van der Waals surface area (Å²) in [5, 5.41) is 8.60. The number of hydrogen-bond acceptors (Lipinski definition) is 2. The van der Waals surface area contributed by atoms with Gasteiger partial charge in [-0.05, 0) is 68.4 Å². The Morgan fingerprint density at radius 3 is 2.18 bits per heavy atom. The first-order valence-corrected chi connectivity index (χ1v) is 8.49. The standard InChI is InChI=1S/C18H21FO2S/c19-15-10-8-14(9-11-15)4-3-6-17-13-12-16(22-17)5-1-2-7-18(20)21/h8-13H,1-7H2,(H,20,21). The van der Waals surface area contributed by atoms with E-state index in [1.165, 1.54) is 27.5 Å². The number of benzene rings is 1. The van der Waals surface area contributed by atoms with Crippen molar-refractivity contribution in [3.8, 4) is 0 Å². The maximum atomic E-state index is 12.8. The molecule has 0 spiro atoms. The molecule has 0 saturated carbocycles. The first-order valence-electron chi connectivity index (χ1n) is 7.67. The van der Waals surface area contributed by atoms with E-state index in [-0.39, 0.29) is 12.2 Å². The predicted molar refractivity (Wildman–Crippen MR) is 87.9 cm³/mol. The van der Waals surface area contributed by atoms with Crippen molar-refractivity contribution in [1.29, 1.82) is 0 Å². The van der Waals surface area contributed by atoms with Crippen LogP contribution in [0.25, 0.3) is 0 Å². The molecule has 0 bridgehead atoms. The largest absolute Gasteiger partial charge is 0.481 e. The number of aliphatic carboxylic acids is 1. The smallest absolute Gasteiger partial charge is 0.303 e. The number of halogens is 1. The topological polar surface area (TPSA) is 37.3 Å². The molecule has 0 fully saturated rings. The van der Waals surface area contributed by atoms with Crippen LogP contribution >= 0.6 is 11.3 Å². The number of thiophene rings is 1. The van der Waals surface area contributed by atoms with E-state index in [1.54, 1.807) is 0 Å². The summed E-state index contributed by atoms with van der Waals surface area (Å²) >= 11 is 1.82. The average Bonchev–Trinajstić information content (AvgIpc) is 2.93. The second-order valence-electron chi connectivity index (χ2n) is 5.45. The van der Waals surface area contributed by atoms with E-state index >= 15 is 0 Å². The maximum Gasteiger partial charge on any atom is 0.303 e. The average molecular weight is 320 g/mol. The Morgan fingerprint density at radius 2 is 1.55 bits per heavy atom. The molecule has 0 aliphatic heterocycles. The summed E-state index contributed by atoms with van der Waals surface area (Å²) in [5.74, 6) is -0.901. The molecule has 0 amide bonds. The van der Waals surface area contributed by atoms with Gasteiger partial charge in [-0.3, -0.25) is 4.79 Å². The lowest BCUT2D eigenvalue weighted by atomic mass is 10.1. The summed E-state index contributed by atoms with van der Waals surface area (Å²) in [6.07, 6.45) is 5.97. The minimum Gasteiger partial charge on any atom is -0.481 e. The highest BCUT2D eigenvalue weighted by atomic mass is 32.1. The molecule has 0 aliphatic rings. The molecule has 22 heavy (non-hydrogen) atoms. The van der Waals surface area contributed by atoms with Gasteiger partial charge in [0.05, 0.1) is 0 Å². The predicted octanol–water partition coefficient (Wildman–Crippen LogP) is 4.86. The number of unbranched alkanes of at least 4 members (excludes halogenated alkanes) is 1. The quantitative estimate of drug-likeness (QED) is 0.670. The monoisotopic (exact) mass is 320 g/mol. The van der Waals surface area contributed by atoms with Gasteiger partial charge in [0.15, 0.2) is 0 Å².